The predicted octanol–water partition coefficient (Wildman–Crippen LogP) is 4.78. The first kappa shape index (κ1) is 20.3. The second kappa shape index (κ2) is 8.02. The van der Waals surface area contributed by atoms with Crippen LogP contribution in [0.1, 0.15) is 16.7 Å². The number of aryl methyl sites for hydroxylation is 1. The average molecular weight is 418 g/mol. The molecule has 1 amide bonds. The SMILES string of the molecule is Cc1ccc2c(CC(=O)Nc3cc(C(F)(F)F)ccc3N3CCOCC3)coc2c1. The lowest BCUT2D eigenvalue weighted by molar-refractivity contribution is -0.137. The van der Waals surface area contributed by atoms with E-state index in [0.29, 0.717) is 43.1 Å². The molecule has 3 aromatic rings. The van der Waals surface area contributed by atoms with Crippen molar-refractivity contribution in [2.45, 2.75) is 19.5 Å². The minimum absolute atomic E-state index is 0.00510. The Morgan fingerprint density at radius 1 is 1.13 bits per heavy atom. The number of nitrogens with zero attached hydrogens (tertiary/aromatic N) is 1. The van der Waals surface area contributed by atoms with Gasteiger partial charge in [-0.05, 0) is 36.8 Å². The molecule has 2 aromatic carbocycles. The first-order valence-electron chi connectivity index (χ1n) is 9.62. The second-order valence-corrected chi connectivity index (χ2v) is 7.31. The monoisotopic (exact) mass is 418 g/mol. The normalized spacial score (nSPS) is 14.9. The second-order valence-electron chi connectivity index (χ2n) is 7.31. The van der Waals surface area contributed by atoms with Crippen LogP contribution in [0.2, 0.25) is 0 Å². The van der Waals surface area contributed by atoms with Gasteiger partial charge in [0.2, 0.25) is 5.91 Å². The maximum atomic E-state index is 13.2. The van der Waals surface area contributed by atoms with Gasteiger partial charge >= 0.3 is 6.18 Å². The molecule has 0 radical (unpaired) electrons. The molecule has 1 N–H and O–H groups in total. The summed E-state index contributed by atoms with van der Waals surface area (Å²) in [5, 5.41) is 3.48. The van der Waals surface area contributed by atoms with E-state index < -0.39 is 17.6 Å². The molecule has 0 bridgehead atoms. The van der Waals surface area contributed by atoms with Crippen LogP contribution in [-0.2, 0) is 22.1 Å². The van der Waals surface area contributed by atoms with Crippen molar-refractivity contribution in [3.63, 3.8) is 0 Å². The molecule has 0 unspecified atom stereocenters. The highest BCUT2D eigenvalue weighted by Crippen LogP contribution is 2.36. The average Bonchev–Trinajstić information content (AvgIpc) is 3.09. The first-order valence-corrected chi connectivity index (χ1v) is 9.62. The third-order valence-electron chi connectivity index (χ3n) is 5.11. The molecule has 1 aromatic heterocycles. The summed E-state index contributed by atoms with van der Waals surface area (Å²) in [6.45, 7) is 3.98. The molecule has 1 saturated heterocycles. The summed E-state index contributed by atoms with van der Waals surface area (Å²) in [5.41, 5.74) is 2.27. The van der Waals surface area contributed by atoms with Gasteiger partial charge in [0.1, 0.15) is 5.58 Å². The van der Waals surface area contributed by atoms with E-state index in [1.165, 1.54) is 12.3 Å². The molecule has 4 rings (SSSR count). The highest BCUT2D eigenvalue weighted by Gasteiger charge is 2.32. The van der Waals surface area contributed by atoms with Crippen LogP contribution in [-0.4, -0.2) is 32.2 Å². The van der Waals surface area contributed by atoms with E-state index in [4.69, 9.17) is 9.15 Å². The molecule has 158 valence electrons. The number of alkyl halides is 3. The number of carbonyl (C=O) groups is 1. The van der Waals surface area contributed by atoms with E-state index >= 15 is 0 Å². The Morgan fingerprint density at radius 3 is 2.63 bits per heavy atom. The van der Waals surface area contributed by atoms with Crippen LogP contribution in [0.15, 0.2) is 47.1 Å². The van der Waals surface area contributed by atoms with E-state index in [-0.39, 0.29) is 12.1 Å². The van der Waals surface area contributed by atoms with E-state index in [0.717, 1.165) is 23.1 Å². The van der Waals surface area contributed by atoms with Crippen molar-refractivity contribution in [3.05, 3.63) is 59.4 Å². The number of hydrogen-bond acceptors (Lipinski definition) is 4. The number of ether oxygens (including phenoxy) is 1. The van der Waals surface area contributed by atoms with Gasteiger partial charge in [0.05, 0.1) is 42.8 Å². The summed E-state index contributed by atoms with van der Waals surface area (Å²) in [6.07, 6.45) is -2.99. The molecule has 1 aliphatic heterocycles. The summed E-state index contributed by atoms with van der Waals surface area (Å²) < 4.78 is 50.5. The molecule has 0 aliphatic carbocycles. The van der Waals surface area contributed by atoms with Crippen molar-refractivity contribution in [1.29, 1.82) is 0 Å². The van der Waals surface area contributed by atoms with Crippen molar-refractivity contribution in [2.24, 2.45) is 0 Å². The van der Waals surface area contributed by atoms with Crippen LogP contribution in [0.5, 0.6) is 0 Å². The number of hydrogen-bond donors (Lipinski definition) is 1. The molecule has 8 heteroatoms. The molecule has 5 nitrogen and oxygen atoms in total. The van der Waals surface area contributed by atoms with E-state index in [1.807, 2.05) is 30.0 Å². The Kier molecular flexibility index (Phi) is 5.42. The first-order chi connectivity index (χ1) is 14.3. The van der Waals surface area contributed by atoms with Crippen LogP contribution in [0.3, 0.4) is 0 Å². The number of rotatable bonds is 4. The Morgan fingerprint density at radius 2 is 1.90 bits per heavy atom. The number of benzene rings is 2. The smallest absolute Gasteiger partial charge is 0.416 e. The summed E-state index contributed by atoms with van der Waals surface area (Å²) in [5.74, 6) is -0.410. The van der Waals surface area contributed by atoms with Gasteiger partial charge in [-0.15, -0.1) is 0 Å². The molecule has 1 aliphatic rings. The molecule has 0 saturated carbocycles. The van der Waals surface area contributed by atoms with Crippen molar-refractivity contribution in [3.8, 4) is 0 Å². The van der Waals surface area contributed by atoms with Crippen LogP contribution in [0.25, 0.3) is 11.0 Å². The fraction of sp³-hybridized carbons (Fsp3) is 0.318. The van der Waals surface area contributed by atoms with Gasteiger partial charge in [-0.3, -0.25) is 4.79 Å². The number of anilines is 2. The number of carbonyl (C=O) groups excluding carboxylic acids is 1. The lowest BCUT2D eigenvalue weighted by Crippen LogP contribution is -2.37. The zero-order valence-corrected chi connectivity index (χ0v) is 16.4. The van der Waals surface area contributed by atoms with Gasteiger partial charge in [-0.2, -0.15) is 13.2 Å². The molecular weight excluding hydrogens is 397 g/mol. The van der Waals surface area contributed by atoms with Crippen molar-refractivity contribution in [1.82, 2.24) is 0 Å². The third kappa shape index (κ3) is 4.28. The lowest BCUT2D eigenvalue weighted by atomic mass is 10.1. The van der Waals surface area contributed by atoms with Gasteiger partial charge in [0.25, 0.3) is 0 Å². The molecule has 0 spiro atoms. The molecule has 1 fully saturated rings. The topological polar surface area (TPSA) is 54.7 Å². The fourth-order valence-electron chi connectivity index (χ4n) is 3.59. The lowest BCUT2D eigenvalue weighted by Gasteiger charge is -2.31. The molecule has 30 heavy (non-hydrogen) atoms. The minimum Gasteiger partial charge on any atom is -0.464 e. The fourth-order valence-corrected chi connectivity index (χ4v) is 3.59. The zero-order chi connectivity index (χ0) is 21.3. The maximum absolute atomic E-state index is 13.2. The van der Waals surface area contributed by atoms with Crippen molar-refractivity contribution < 1.29 is 27.1 Å². The number of nitrogens with one attached hydrogen (secondary N) is 1. The predicted molar refractivity (Wildman–Crippen MR) is 108 cm³/mol. The summed E-state index contributed by atoms with van der Waals surface area (Å²) >= 11 is 0. The van der Waals surface area contributed by atoms with Crippen LogP contribution in [0.4, 0.5) is 24.5 Å². The highest BCUT2D eigenvalue weighted by atomic mass is 19.4. The largest absolute Gasteiger partial charge is 0.464 e. The van der Waals surface area contributed by atoms with E-state index in [9.17, 15) is 18.0 Å². The quantitative estimate of drug-likeness (QED) is 0.663. The van der Waals surface area contributed by atoms with E-state index in [1.54, 1.807) is 0 Å². The van der Waals surface area contributed by atoms with Gasteiger partial charge in [0, 0.05) is 24.0 Å². The molecule has 2 heterocycles. The van der Waals surface area contributed by atoms with Gasteiger partial charge in [-0.25, -0.2) is 0 Å². The minimum atomic E-state index is -4.50. The Bertz CT molecular complexity index is 1070. The standard InChI is InChI=1S/C22H21F3N2O3/c1-14-2-4-17-15(13-30-20(17)10-14)11-21(28)26-18-12-16(22(23,24)25)3-5-19(18)27-6-8-29-9-7-27/h2-5,10,12-13H,6-9,11H2,1H3,(H,26,28). The van der Waals surface area contributed by atoms with Crippen LogP contribution < -0.4 is 10.2 Å². The molecule has 0 atom stereocenters. The van der Waals surface area contributed by atoms with Crippen LogP contribution in [0, 0.1) is 6.92 Å². The Balaban J connectivity index is 1.60. The summed E-state index contributed by atoms with van der Waals surface area (Å²) in [6, 6.07) is 9.09. The highest BCUT2D eigenvalue weighted by molar-refractivity contribution is 5.98. The van der Waals surface area contributed by atoms with Gasteiger partial charge in [-0.1, -0.05) is 12.1 Å². The number of furan rings is 1. The van der Waals surface area contributed by atoms with Crippen molar-refractivity contribution in [2.75, 3.05) is 36.5 Å². The third-order valence-corrected chi connectivity index (χ3v) is 5.11. The Labute approximate surface area is 171 Å². The van der Waals surface area contributed by atoms with E-state index in [2.05, 4.69) is 5.32 Å². The number of fused-ring (bicyclic) bond motifs is 1. The van der Waals surface area contributed by atoms with Crippen molar-refractivity contribution >= 4 is 28.3 Å². The zero-order valence-electron chi connectivity index (χ0n) is 16.4. The summed E-state index contributed by atoms with van der Waals surface area (Å²) in [4.78, 5) is 14.6. The Hall–Kier alpha value is -3.00. The van der Waals surface area contributed by atoms with Gasteiger partial charge < -0.3 is 19.4 Å². The van der Waals surface area contributed by atoms with Gasteiger partial charge in [0.15, 0.2) is 0 Å². The number of amides is 1. The summed E-state index contributed by atoms with van der Waals surface area (Å²) in [7, 11) is 0. The number of morpholine rings is 1. The molecular formula is C22H21F3N2O3. The maximum Gasteiger partial charge on any atom is 0.416 e. The van der Waals surface area contributed by atoms with Crippen LogP contribution >= 0.6 is 0 Å². The number of halogens is 3.